The van der Waals surface area contributed by atoms with Gasteiger partial charge in [0.25, 0.3) is 0 Å². The van der Waals surface area contributed by atoms with Gasteiger partial charge in [-0.3, -0.25) is 0 Å². The van der Waals surface area contributed by atoms with Crippen LogP contribution in [0.2, 0.25) is 0 Å². The molecule has 202 valence electrons. The third kappa shape index (κ3) is 0.396. The van der Waals surface area contributed by atoms with Gasteiger partial charge in [0.15, 0.2) is 0 Å². The molecule has 0 saturated heterocycles. The van der Waals surface area contributed by atoms with E-state index < -0.39 is 0 Å². The Bertz CT molecular complexity index is 2290. The van der Waals surface area contributed by atoms with Crippen LogP contribution in [0.5, 0.6) is 0 Å². The molecule has 26 saturated carbocycles. The van der Waals surface area contributed by atoms with Gasteiger partial charge in [0.2, 0.25) is 0 Å². The summed E-state index contributed by atoms with van der Waals surface area (Å²) in [6, 6.07) is 0. The van der Waals surface area contributed by atoms with Gasteiger partial charge in [-0.1, -0.05) is 19.3 Å². The highest BCUT2D eigenvalue weighted by atomic mass is 15.6. The second-order valence-electron chi connectivity index (χ2n) is 25.5. The predicted molar refractivity (Wildman–Crippen MR) is 139 cm³/mol. The van der Waals surface area contributed by atoms with Crippen LogP contribution in [0.1, 0.15) is 51.4 Å². The van der Waals surface area contributed by atoms with E-state index in [1.165, 1.54) is 107 Å². The van der Waals surface area contributed by atoms with Crippen LogP contribution in [0, 0.1) is 193 Å². The molecule has 34 unspecified atom stereocenters. The molecule has 26 aliphatic rings. The number of hydrogen-bond acceptors (Lipinski definition) is 0. The molecule has 0 aromatic rings. The topological polar surface area (TPSA) is 0 Å². The SMILES string of the molecule is C1CCC2C3C4C5C6CC7C8C9C%10CC%11C%12C%13C%14CCC(C1)C1C%15C%16C2C32C43C54C76C85C96C%10%11C%127C%138C%141C%151C%162C32C54C67C812. The molecule has 26 rings (SSSR count). The monoisotopic (exact) mass is 538 g/mol. The third-order valence-electron chi connectivity index (χ3n) is 32.7. The maximum Gasteiger partial charge on any atom is -0.000739 e. The highest BCUT2D eigenvalue weighted by molar-refractivity contribution is 6.06. The molecule has 0 N–H and O–H groups in total. The normalized spacial score (nSPS) is 124. The number of fused-ring (bicyclic) bond motifs is 10. The van der Waals surface area contributed by atoms with Crippen molar-refractivity contribution in [2.24, 2.45) is 193 Å². The van der Waals surface area contributed by atoms with Crippen molar-refractivity contribution in [3.63, 3.8) is 0 Å². The molecule has 26 aliphatic carbocycles. The summed E-state index contributed by atoms with van der Waals surface area (Å²) in [6.07, 6.45) is 14.0. The third-order valence-corrected chi connectivity index (χ3v) is 32.7. The Labute approximate surface area is 244 Å². The minimum absolute atomic E-state index is 1.05. The summed E-state index contributed by atoms with van der Waals surface area (Å²) in [4.78, 5) is 0. The lowest BCUT2D eigenvalue weighted by Crippen LogP contribution is -3.60. The van der Waals surface area contributed by atoms with Crippen LogP contribution < -0.4 is 0 Å². The van der Waals surface area contributed by atoms with E-state index >= 15 is 0 Å². The molecule has 34 atom stereocenters. The first kappa shape index (κ1) is 15.7. The zero-order chi connectivity index (χ0) is 24.0. The first-order valence-electron chi connectivity index (χ1n) is 20.9. The van der Waals surface area contributed by atoms with E-state index in [0.717, 1.165) is 86.6 Å². The molecule has 0 radical (unpaired) electrons. The van der Waals surface area contributed by atoms with Gasteiger partial charge in [0.05, 0.1) is 0 Å². The molecule has 0 heterocycles. The van der Waals surface area contributed by atoms with Crippen LogP contribution in [-0.4, -0.2) is 0 Å². The van der Waals surface area contributed by atoms with Gasteiger partial charge in [0, 0.05) is 0 Å². The van der Waals surface area contributed by atoms with Gasteiger partial charge in [-0.15, -0.1) is 0 Å². The van der Waals surface area contributed by atoms with Crippen molar-refractivity contribution in [1.29, 1.82) is 0 Å². The molecule has 16 spiro atoms. The standard InChI is InChI=1S/C42H34/c1-2-4-10-17-25-23-15-8-14-22-21-13-7-12-20-19-11-6-5-9(3-1)16-24-26-18(10)30(17)37(25)34(23)28(14,15)32(22)31(21)27(12,13)33(20)35(19)29(11,16)36(24)38(26,30)42(37)40(32,34)39(31,33)41(35,36)42/h9-26H,1-8H2. The fourth-order valence-corrected chi connectivity index (χ4v) is 40.6. The van der Waals surface area contributed by atoms with Crippen LogP contribution in [0.4, 0.5) is 0 Å². The Morgan fingerprint density at radius 3 is 1.40 bits per heavy atom. The average Bonchev–Trinajstić information content (AvgIpc) is 2.87. The summed E-state index contributed by atoms with van der Waals surface area (Å²) in [6.45, 7) is 0. The van der Waals surface area contributed by atoms with Crippen molar-refractivity contribution in [2.75, 3.05) is 0 Å². The first-order chi connectivity index (χ1) is 20.9. The fourth-order valence-electron chi connectivity index (χ4n) is 40.6. The fraction of sp³-hybridized carbons (Fsp3) is 1.00. The lowest BCUT2D eigenvalue weighted by atomic mass is 8.41. The summed E-state index contributed by atoms with van der Waals surface area (Å²) < 4.78 is 0. The Morgan fingerprint density at radius 2 is 0.762 bits per heavy atom. The van der Waals surface area contributed by atoms with Crippen molar-refractivity contribution < 1.29 is 0 Å². The molecule has 0 aromatic carbocycles. The van der Waals surface area contributed by atoms with E-state index in [1.807, 2.05) is 12.8 Å². The minimum atomic E-state index is 1.05. The zero-order valence-electron chi connectivity index (χ0n) is 24.0. The summed E-state index contributed by atoms with van der Waals surface area (Å²) in [5.41, 5.74) is 17.7. The van der Waals surface area contributed by atoms with E-state index in [-0.39, 0.29) is 0 Å². The van der Waals surface area contributed by atoms with Gasteiger partial charge in [-0.2, -0.15) is 0 Å². The van der Waals surface area contributed by atoms with Crippen LogP contribution in [0.15, 0.2) is 0 Å². The quantitative estimate of drug-likeness (QED) is 0.391. The highest BCUT2D eigenvalue weighted by Crippen LogP contribution is 3.63. The summed E-state index contributed by atoms with van der Waals surface area (Å²) in [7, 11) is 0. The van der Waals surface area contributed by atoms with Gasteiger partial charge in [-0.25, -0.2) is 0 Å². The van der Waals surface area contributed by atoms with E-state index in [2.05, 4.69) is 0 Å². The molecular formula is C42H34. The smallest absolute Gasteiger partial charge is 0.000739 e. The lowest BCUT2D eigenvalue weighted by molar-refractivity contribution is -1.17. The Morgan fingerprint density at radius 1 is 0.310 bits per heavy atom. The largest absolute Gasteiger partial charge is 0.0530 e. The van der Waals surface area contributed by atoms with Crippen molar-refractivity contribution in [3.05, 3.63) is 0 Å². The number of rotatable bonds is 0. The summed E-state index contributed by atoms with van der Waals surface area (Å²) in [5, 5.41) is 0. The molecule has 0 bridgehead atoms. The lowest BCUT2D eigenvalue weighted by Gasteiger charge is -3.61. The average molecular weight is 539 g/mol. The molecule has 0 amide bonds. The zero-order valence-corrected chi connectivity index (χ0v) is 24.0. The number of hydrogen-bond donors (Lipinski definition) is 0. The molecule has 26 fully saturated rings. The molecule has 0 heteroatoms. The molecule has 42 heavy (non-hydrogen) atoms. The Kier molecular flexibility index (Phi) is 0.984. The van der Waals surface area contributed by atoms with E-state index in [9.17, 15) is 0 Å². The van der Waals surface area contributed by atoms with Gasteiger partial charge in [-0.05, 0) is 225 Å². The molecule has 0 nitrogen and oxygen atoms in total. The summed E-state index contributed by atoms with van der Waals surface area (Å²) in [5.74, 6) is 24.4. The van der Waals surface area contributed by atoms with Crippen LogP contribution in [-0.2, 0) is 0 Å². The molecule has 0 aliphatic heterocycles. The van der Waals surface area contributed by atoms with Crippen LogP contribution >= 0.6 is 0 Å². The van der Waals surface area contributed by atoms with Crippen molar-refractivity contribution in [3.8, 4) is 0 Å². The van der Waals surface area contributed by atoms with Gasteiger partial charge >= 0.3 is 0 Å². The molecular weight excluding hydrogens is 504 g/mol. The van der Waals surface area contributed by atoms with Crippen LogP contribution in [0.25, 0.3) is 0 Å². The Hall–Kier alpha value is 0. The predicted octanol–water partition coefficient (Wildman–Crippen LogP) is 5.33. The maximum atomic E-state index is 1.82. The second kappa shape index (κ2) is 2.63. The highest BCUT2D eigenvalue weighted by Gasteiger charge is 3.62. The second-order valence-corrected chi connectivity index (χ2v) is 25.5. The minimum Gasteiger partial charge on any atom is -0.0530 e. The molecule has 0 aromatic heterocycles. The van der Waals surface area contributed by atoms with Gasteiger partial charge in [0.1, 0.15) is 0 Å². The van der Waals surface area contributed by atoms with Crippen molar-refractivity contribution >= 4 is 0 Å². The van der Waals surface area contributed by atoms with E-state index in [4.69, 9.17) is 0 Å². The van der Waals surface area contributed by atoms with Gasteiger partial charge < -0.3 is 0 Å². The van der Waals surface area contributed by atoms with Crippen LogP contribution in [0.3, 0.4) is 0 Å². The maximum absolute atomic E-state index is 1.82. The summed E-state index contributed by atoms with van der Waals surface area (Å²) >= 11 is 0. The van der Waals surface area contributed by atoms with E-state index in [1.54, 1.807) is 38.5 Å². The first-order valence-corrected chi connectivity index (χ1v) is 20.9. The van der Waals surface area contributed by atoms with E-state index in [0.29, 0.717) is 0 Å². The van der Waals surface area contributed by atoms with Crippen molar-refractivity contribution in [1.82, 2.24) is 0 Å². The van der Waals surface area contributed by atoms with Crippen molar-refractivity contribution in [2.45, 2.75) is 51.4 Å². The Balaban J connectivity index is 0.954.